The maximum atomic E-state index is 10.0. The SMILES string of the molecule is COc1cc(C2c3cc(Cl)c(C)cc3C[C@H](CO)[C@H]2CO)ccc1O. The van der Waals surface area contributed by atoms with Crippen molar-refractivity contribution in [2.45, 2.75) is 19.3 Å². The van der Waals surface area contributed by atoms with Gasteiger partial charge in [0.25, 0.3) is 0 Å². The van der Waals surface area contributed by atoms with Crippen molar-refractivity contribution in [1.82, 2.24) is 0 Å². The Morgan fingerprint density at radius 2 is 1.92 bits per heavy atom. The topological polar surface area (TPSA) is 69.9 Å². The summed E-state index contributed by atoms with van der Waals surface area (Å²) in [5.74, 6) is 0.162. The van der Waals surface area contributed by atoms with Gasteiger partial charge in [-0.05, 0) is 65.6 Å². The molecule has 3 atom stereocenters. The lowest BCUT2D eigenvalue weighted by Crippen LogP contribution is -2.35. The van der Waals surface area contributed by atoms with Crippen LogP contribution in [0, 0.1) is 18.8 Å². The summed E-state index contributed by atoms with van der Waals surface area (Å²) in [6.45, 7) is 1.94. The van der Waals surface area contributed by atoms with Gasteiger partial charge in [-0.3, -0.25) is 0 Å². The molecule has 0 heterocycles. The molecule has 0 saturated heterocycles. The van der Waals surface area contributed by atoms with Crippen LogP contribution in [0.1, 0.15) is 28.2 Å². The molecule has 2 aromatic carbocycles. The number of aliphatic hydroxyl groups excluding tert-OH is 2. The van der Waals surface area contributed by atoms with Crippen LogP contribution in [0.4, 0.5) is 0 Å². The second-order valence-corrected chi connectivity index (χ2v) is 7.11. The van der Waals surface area contributed by atoms with Gasteiger partial charge in [0.15, 0.2) is 11.5 Å². The van der Waals surface area contributed by atoms with Crippen molar-refractivity contribution in [3.05, 3.63) is 57.6 Å². The first-order valence-electron chi connectivity index (χ1n) is 8.37. The highest BCUT2D eigenvalue weighted by atomic mass is 35.5. The fraction of sp³-hybridized carbons (Fsp3) is 0.400. The van der Waals surface area contributed by atoms with E-state index >= 15 is 0 Å². The minimum Gasteiger partial charge on any atom is -0.504 e. The predicted octanol–water partition coefficient (Wildman–Crippen LogP) is 3.27. The molecule has 1 aliphatic carbocycles. The average molecular weight is 363 g/mol. The highest BCUT2D eigenvalue weighted by Gasteiger charge is 2.37. The summed E-state index contributed by atoms with van der Waals surface area (Å²) in [7, 11) is 1.51. The molecular formula is C20H23ClO4. The summed E-state index contributed by atoms with van der Waals surface area (Å²) in [4.78, 5) is 0. The molecule has 0 fully saturated rings. The molecule has 3 rings (SSSR count). The van der Waals surface area contributed by atoms with Crippen molar-refractivity contribution in [2.75, 3.05) is 20.3 Å². The standard InChI is InChI=1S/C20H23ClO4/c1-11-5-13-6-14(9-22)16(10-23)20(15(13)8-17(11)21)12-3-4-18(24)19(7-12)25-2/h3-5,7-8,14,16,20,22-24H,6,9-10H2,1-2H3/t14-,16-,20?/m1/s1. The van der Waals surface area contributed by atoms with Crippen LogP contribution >= 0.6 is 11.6 Å². The molecule has 0 bridgehead atoms. The van der Waals surface area contributed by atoms with Gasteiger partial charge in [-0.2, -0.15) is 0 Å². The van der Waals surface area contributed by atoms with Gasteiger partial charge in [0.05, 0.1) is 7.11 Å². The van der Waals surface area contributed by atoms with E-state index in [1.807, 2.05) is 19.1 Å². The van der Waals surface area contributed by atoms with Crippen molar-refractivity contribution in [2.24, 2.45) is 11.8 Å². The number of phenols is 1. The Morgan fingerprint density at radius 1 is 1.16 bits per heavy atom. The highest BCUT2D eigenvalue weighted by Crippen LogP contribution is 2.46. The Labute approximate surface area is 152 Å². The molecule has 3 N–H and O–H groups in total. The minimum atomic E-state index is -0.134. The van der Waals surface area contributed by atoms with Crippen molar-refractivity contribution in [3.63, 3.8) is 0 Å². The quantitative estimate of drug-likeness (QED) is 0.780. The zero-order chi connectivity index (χ0) is 18.1. The number of methoxy groups -OCH3 is 1. The van der Waals surface area contributed by atoms with Gasteiger partial charge in [-0.1, -0.05) is 23.7 Å². The van der Waals surface area contributed by atoms with Crippen molar-refractivity contribution >= 4 is 11.6 Å². The number of phenolic OH excluding ortho intramolecular Hbond substituents is 1. The summed E-state index contributed by atoms with van der Waals surface area (Å²) in [5.41, 5.74) is 4.13. The Morgan fingerprint density at radius 3 is 2.56 bits per heavy atom. The second-order valence-electron chi connectivity index (χ2n) is 6.70. The molecule has 4 nitrogen and oxygen atoms in total. The Bertz CT molecular complexity index is 775. The van der Waals surface area contributed by atoms with Crippen LogP contribution < -0.4 is 4.74 Å². The van der Waals surface area contributed by atoms with Gasteiger partial charge in [0.1, 0.15) is 0 Å². The van der Waals surface area contributed by atoms with Gasteiger partial charge in [0, 0.05) is 24.2 Å². The Hall–Kier alpha value is -1.75. The van der Waals surface area contributed by atoms with E-state index in [0.717, 1.165) is 22.3 Å². The fourth-order valence-corrected chi connectivity index (χ4v) is 4.10. The molecule has 5 heteroatoms. The van der Waals surface area contributed by atoms with Crippen LogP contribution in [-0.4, -0.2) is 35.6 Å². The van der Waals surface area contributed by atoms with Gasteiger partial charge in [-0.15, -0.1) is 0 Å². The number of hydrogen-bond donors (Lipinski definition) is 3. The van der Waals surface area contributed by atoms with E-state index in [9.17, 15) is 15.3 Å². The number of aliphatic hydroxyl groups is 2. The Kier molecular flexibility index (Phi) is 5.23. The molecule has 134 valence electrons. The first-order chi connectivity index (χ1) is 12.0. The highest BCUT2D eigenvalue weighted by molar-refractivity contribution is 6.31. The van der Waals surface area contributed by atoms with E-state index < -0.39 is 0 Å². The molecule has 25 heavy (non-hydrogen) atoms. The predicted molar refractivity (Wildman–Crippen MR) is 97.5 cm³/mol. The molecule has 2 aromatic rings. The number of rotatable bonds is 4. The van der Waals surface area contributed by atoms with E-state index in [1.54, 1.807) is 12.1 Å². The molecule has 1 aliphatic rings. The molecule has 0 amide bonds. The zero-order valence-corrected chi connectivity index (χ0v) is 15.1. The van der Waals surface area contributed by atoms with E-state index in [2.05, 4.69) is 6.07 Å². The summed E-state index contributed by atoms with van der Waals surface area (Å²) >= 11 is 6.37. The van der Waals surface area contributed by atoms with Gasteiger partial charge >= 0.3 is 0 Å². The first-order valence-corrected chi connectivity index (χ1v) is 8.75. The zero-order valence-electron chi connectivity index (χ0n) is 14.4. The normalized spacial score (nSPS) is 22.5. The monoisotopic (exact) mass is 362 g/mol. The maximum absolute atomic E-state index is 10.0. The van der Waals surface area contributed by atoms with E-state index in [4.69, 9.17) is 16.3 Å². The van der Waals surface area contributed by atoms with Crippen LogP contribution in [0.15, 0.2) is 30.3 Å². The van der Waals surface area contributed by atoms with Crippen LogP contribution in [0.3, 0.4) is 0 Å². The molecule has 0 radical (unpaired) electrons. The van der Waals surface area contributed by atoms with Gasteiger partial charge in [-0.25, -0.2) is 0 Å². The maximum Gasteiger partial charge on any atom is 0.160 e. The minimum absolute atomic E-state index is 0.0120. The van der Waals surface area contributed by atoms with Crippen LogP contribution in [0.2, 0.25) is 5.02 Å². The van der Waals surface area contributed by atoms with E-state index in [0.29, 0.717) is 17.2 Å². The molecular weight excluding hydrogens is 340 g/mol. The summed E-state index contributed by atoms with van der Waals surface area (Å²) in [5, 5.41) is 30.5. The third-order valence-electron chi connectivity index (χ3n) is 5.28. The summed E-state index contributed by atoms with van der Waals surface area (Å²) in [6, 6.07) is 9.26. The average Bonchev–Trinajstić information content (AvgIpc) is 2.62. The lowest BCUT2D eigenvalue weighted by molar-refractivity contribution is 0.101. The van der Waals surface area contributed by atoms with E-state index in [1.165, 1.54) is 7.11 Å². The van der Waals surface area contributed by atoms with Crippen molar-refractivity contribution < 1.29 is 20.1 Å². The third kappa shape index (κ3) is 3.22. The number of aryl methyl sites for hydroxylation is 1. The fourth-order valence-electron chi connectivity index (χ4n) is 3.93. The smallest absolute Gasteiger partial charge is 0.160 e. The molecule has 0 aliphatic heterocycles. The third-order valence-corrected chi connectivity index (χ3v) is 5.69. The summed E-state index contributed by atoms with van der Waals surface area (Å²) < 4.78 is 5.24. The number of ether oxygens (including phenoxy) is 1. The number of halogens is 1. The second kappa shape index (κ2) is 7.24. The molecule has 1 unspecified atom stereocenters. The largest absolute Gasteiger partial charge is 0.504 e. The number of benzene rings is 2. The molecule has 0 aromatic heterocycles. The lowest BCUT2D eigenvalue weighted by Gasteiger charge is -2.39. The van der Waals surface area contributed by atoms with Crippen molar-refractivity contribution in [1.29, 1.82) is 0 Å². The van der Waals surface area contributed by atoms with Crippen molar-refractivity contribution in [3.8, 4) is 11.5 Å². The van der Waals surface area contributed by atoms with Gasteiger partial charge < -0.3 is 20.1 Å². The Balaban J connectivity index is 2.19. The number of hydrogen-bond acceptors (Lipinski definition) is 4. The lowest BCUT2D eigenvalue weighted by atomic mass is 9.67. The summed E-state index contributed by atoms with van der Waals surface area (Å²) in [6.07, 6.45) is 0.709. The van der Waals surface area contributed by atoms with Crippen LogP contribution in [0.25, 0.3) is 0 Å². The molecule has 0 saturated carbocycles. The number of fused-ring (bicyclic) bond motifs is 1. The first kappa shape index (κ1) is 18.1. The molecule has 0 spiro atoms. The van der Waals surface area contributed by atoms with E-state index in [-0.39, 0.29) is 36.7 Å². The van der Waals surface area contributed by atoms with Crippen LogP contribution in [0.5, 0.6) is 11.5 Å². The number of aromatic hydroxyl groups is 1. The van der Waals surface area contributed by atoms with Crippen LogP contribution in [-0.2, 0) is 6.42 Å². The van der Waals surface area contributed by atoms with Gasteiger partial charge in [0.2, 0.25) is 0 Å².